The maximum Gasteiger partial charge on any atom is 0.240 e. The molecular weight excluding hydrogens is 218 g/mol. The highest BCUT2D eigenvalue weighted by molar-refractivity contribution is 7.98. The lowest BCUT2D eigenvalue weighted by Crippen LogP contribution is -2.36. The lowest BCUT2D eigenvalue weighted by Gasteiger charge is -2.21. The molecule has 0 saturated carbocycles. The molecule has 84 valence electrons. The van der Waals surface area contributed by atoms with Crippen molar-refractivity contribution in [1.82, 2.24) is 4.90 Å². The fraction of sp³-hybridized carbons (Fsp3) is 0.900. The summed E-state index contributed by atoms with van der Waals surface area (Å²) in [6.45, 7) is 5.46. The van der Waals surface area contributed by atoms with Gasteiger partial charge in [-0.25, -0.2) is 0 Å². The number of hydrogen-bond donors (Lipinski definition) is 0. The van der Waals surface area contributed by atoms with E-state index in [0.717, 1.165) is 31.7 Å². The highest BCUT2D eigenvalue weighted by Crippen LogP contribution is 2.11. The van der Waals surface area contributed by atoms with E-state index < -0.39 is 0 Å². The first-order valence-corrected chi connectivity index (χ1v) is 6.92. The normalized spacial score (nSPS) is 12.6. The number of rotatable bonds is 7. The van der Waals surface area contributed by atoms with Crippen LogP contribution in [0, 0.1) is 0 Å². The molecule has 0 aromatic heterocycles. The molecule has 14 heavy (non-hydrogen) atoms. The SMILES string of the molecule is CCN(CC)C(=O)C(Cl)CCCSC. The number of thioether (sulfide) groups is 1. The quantitative estimate of drug-likeness (QED) is 0.501. The van der Waals surface area contributed by atoms with Gasteiger partial charge in [0.2, 0.25) is 5.91 Å². The van der Waals surface area contributed by atoms with Crippen molar-refractivity contribution in [3.8, 4) is 0 Å². The van der Waals surface area contributed by atoms with E-state index in [1.807, 2.05) is 13.8 Å². The van der Waals surface area contributed by atoms with Crippen LogP contribution in [0.4, 0.5) is 0 Å². The summed E-state index contributed by atoms with van der Waals surface area (Å²) in [5, 5.41) is -0.331. The average molecular weight is 238 g/mol. The molecule has 0 aromatic carbocycles. The Bertz CT molecular complexity index is 162. The Kier molecular flexibility index (Phi) is 8.49. The summed E-state index contributed by atoms with van der Waals surface area (Å²) in [4.78, 5) is 13.5. The highest BCUT2D eigenvalue weighted by atomic mass is 35.5. The number of nitrogens with zero attached hydrogens (tertiary/aromatic N) is 1. The van der Waals surface area contributed by atoms with Gasteiger partial charge >= 0.3 is 0 Å². The summed E-state index contributed by atoms with van der Waals surface area (Å²) in [5.74, 6) is 1.16. The molecule has 1 atom stereocenters. The van der Waals surface area contributed by atoms with Crippen molar-refractivity contribution in [2.75, 3.05) is 25.1 Å². The Morgan fingerprint density at radius 2 is 2.00 bits per heavy atom. The first kappa shape index (κ1) is 14.1. The van der Waals surface area contributed by atoms with Crippen LogP contribution in [0.5, 0.6) is 0 Å². The Balaban J connectivity index is 3.84. The van der Waals surface area contributed by atoms with Gasteiger partial charge in [0.15, 0.2) is 0 Å². The second-order valence-electron chi connectivity index (χ2n) is 3.11. The number of hydrogen-bond acceptors (Lipinski definition) is 2. The van der Waals surface area contributed by atoms with Crippen LogP contribution in [0.2, 0.25) is 0 Å². The summed E-state index contributed by atoms with van der Waals surface area (Å²) in [5.41, 5.74) is 0. The predicted molar refractivity (Wildman–Crippen MR) is 65.2 cm³/mol. The average Bonchev–Trinajstić information content (AvgIpc) is 2.19. The molecule has 0 rings (SSSR count). The van der Waals surface area contributed by atoms with E-state index >= 15 is 0 Å². The number of carbonyl (C=O) groups is 1. The van der Waals surface area contributed by atoms with Crippen molar-refractivity contribution in [3.63, 3.8) is 0 Å². The maximum atomic E-state index is 11.7. The number of halogens is 1. The minimum Gasteiger partial charge on any atom is -0.342 e. The van der Waals surface area contributed by atoms with Crippen LogP contribution in [-0.2, 0) is 4.79 Å². The standard InChI is InChI=1S/C10H20ClNOS/c1-4-12(5-2)10(13)9(11)7-6-8-14-3/h9H,4-8H2,1-3H3. The maximum absolute atomic E-state index is 11.7. The summed E-state index contributed by atoms with van der Waals surface area (Å²) in [6.07, 6.45) is 3.87. The Hall–Kier alpha value is 0.110. The summed E-state index contributed by atoms with van der Waals surface area (Å²) >= 11 is 7.81. The van der Waals surface area contributed by atoms with E-state index in [-0.39, 0.29) is 11.3 Å². The minimum absolute atomic E-state index is 0.0813. The van der Waals surface area contributed by atoms with Gasteiger partial charge < -0.3 is 4.90 Å². The molecule has 0 spiro atoms. The second kappa shape index (κ2) is 8.42. The van der Waals surface area contributed by atoms with Crippen molar-refractivity contribution in [1.29, 1.82) is 0 Å². The molecular formula is C10H20ClNOS. The van der Waals surface area contributed by atoms with Crippen LogP contribution >= 0.6 is 23.4 Å². The zero-order valence-corrected chi connectivity index (χ0v) is 10.8. The molecule has 0 saturated heterocycles. The smallest absolute Gasteiger partial charge is 0.240 e. The van der Waals surface area contributed by atoms with Crippen molar-refractivity contribution < 1.29 is 4.79 Å². The summed E-state index contributed by atoms with van der Waals surface area (Å²) < 4.78 is 0. The molecule has 0 aliphatic rings. The molecule has 0 bridgehead atoms. The third-order valence-corrected chi connectivity index (χ3v) is 3.25. The van der Waals surface area contributed by atoms with Gasteiger partial charge in [-0.3, -0.25) is 4.79 Å². The fourth-order valence-corrected chi connectivity index (χ4v) is 2.01. The first-order chi connectivity index (χ1) is 6.67. The van der Waals surface area contributed by atoms with E-state index in [4.69, 9.17) is 11.6 Å². The minimum atomic E-state index is -0.331. The summed E-state index contributed by atoms with van der Waals surface area (Å²) in [6, 6.07) is 0. The molecule has 0 radical (unpaired) electrons. The molecule has 4 heteroatoms. The fourth-order valence-electron chi connectivity index (χ4n) is 1.26. The molecule has 0 aliphatic carbocycles. The zero-order chi connectivity index (χ0) is 11.0. The van der Waals surface area contributed by atoms with E-state index in [2.05, 4.69) is 6.26 Å². The van der Waals surface area contributed by atoms with Gasteiger partial charge in [-0.2, -0.15) is 11.8 Å². The van der Waals surface area contributed by atoms with Crippen LogP contribution in [0.15, 0.2) is 0 Å². The third kappa shape index (κ3) is 5.11. The highest BCUT2D eigenvalue weighted by Gasteiger charge is 2.19. The van der Waals surface area contributed by atoms with Crippen molar-refractivity contribution in [3.05, 3.63) is 0 Å². The molecule has 1 unspecified atom stereocenters. The molecule has 0 aromatic rings. The zero-order valence-electron chi connectivity index (χ0n) is 9.25. The molecule has 0 fully saturated rings. The van der Waals surface area contributed by atoms with Gasteiger partial charge in [-0.05, 0) is 38.7 Å². The van der Waals surface area contributed by atoms with Crippen LogP contribution in [-0.4, -0.2) is 41.3 Å². The topological polar surface area (TPSA) is 20.3 Å². The van der Waals surface area contributed by atoms with Gasteiger partial charge in [-0.15, -0.1) is 11.6 Å². The van der Waals surface area contributed by atoms with Crippen molar-refractivity contribution >= 4 is 29.3 Å². The lowest BCUT2D eigenvalue weighted by atomic mass is 10.2. The largest absolute Gasteiger partial charge is 0.342 e. The monoisotopic (exact) mass is 237 g/mol. The van der Waals surface area contributed by atoms with Crippen molar-refractivity contribution in [2.45, 2.75) is 32.1 Å². The summed E-state index contributed by atoms with van der Waals surface area (Å²) in [7, 11) is 0. The van der Waals surface area contributed by atoms with Gasteiger partial charge in [0.05, 0.1) is 0 Å². The van der Waals surface area contributed by atoms with E-state index in [0.29, 0.717) is 0 Å². The predicted octanol–water partition coefficient (Wildman–Crippen LogP) is 2.61. The lowest BCUT2D eigenvalue weighted by molar-refractivity contribution is -0.130. The van der Waals surface area contributed by atoms with Gasteiger partial charge in [0.25, 0.3) is 0 Å². The third-order valence-electron chi connectivity index (χ3n) is 2.15. The van der Waals surface area contributed by atoms with Gasteiger partial charge in [0, 0.05) is 13.1 Å². The number of alkyl halides is 1. The number of carbonyl (C=O) groups excluding carboxylic acids is 1. The van der Waals surface area contributed by atoms with Gasteiger partial charge in [0.1, 0.15) is 5.38 Å². The molecule has 0 aliphatic heterocycles. The van der Waals surface area contributed by atoms with Crippen LogP contribution in [0.1, 0.15) is 26.7 Å². The van der Waals surface area contributed by atoms with E-state index in [9.17, 15) is 4.79 Å². The first-order valence-electron chi connectivity index (χ1n) is 5.09. The molecule has 0 N–H and O–H groups in total. The Morgan fingerprint density at radius 3 is 2.43 bits per heavy atom. The second-order valence-corrected chi connectivity index (χ2v) is 4.63. The van der Waals surface area contributed by atoms with Crippen LogP contribution in [0.3, 0.4) is 0 Å². The van der Waals surface area contributed by atoms with Crippen molar-refractivity contribution in [2.24, 2.45) is 0 Å². The molecule has 0 heterocycles. The van der Waals surface area contributed by atoms with Crippen LogP contribution in [0.25, 0.3) is 0 Å². The van der Waals surface area contributed by atoms with Gasteiger partial charge in [-0.1, -0.05) is 0 Å². The Morgan fingerprint density at radius 1 is 1.43 bits per heavy atom. The van der Waals surface area contributed by atoms with Crippen LogP contribution < -0.4 is 0 Å². The van der Waals surface area contributed by atoms with E-state index in [1.165, 1.54) is 0 Å². The van der Waals surface area contributed by atoms with E-state index in [1.54, 1.807) is 16.7 Å². The number of amides is 1. The molecule has 1 amide bonds. The Labute approximate surface area is 96.4 Å². The molecule has 2 nitrogen and oxygen atoms in total.